The van der Waals surface area contributed by atoms with Gasteiger partial charge in [0.05, 0.1) is 0 Å². The van der Waals surface area contributed by atoms with Crippen LogP contribution in [0.1, 0.15) is 20.7 Å². The van der Waals surface area contributed by atoms with Crippen LogP contribution in [0, 0.1) is 58.2 Å². The highest BCUT2D eigenvalue weighted by atomic mass is 19.2. The molecule has 0 radical (unpaired) electrons. The lowest BCUT2D eigenvalue weighted by Gasteiger charge is -2.22. The quantitative estimate of drug-likeness (QED) is 0.246. The Morgan fingerprint density at radius 1 is 0.417 bits per heavy atom. The summed E-state index contributed by atoms with van der Waals surface area (Å²) in [6.45, 7) is 0. The van der Waals surface area contributed by atoms with Crippen LogP contribution in [-0.4, -0.2) is 11.6 Å². The van der Waals surface area contributed by atoms with E-state index in [4.69, 9.17) is 0 Å². The monoisotopic (exact) mass is 522 g/mol. The van der Waals surface area contributed by atoms with Gasteiger partial charge in [0.2, 0.25) is 92.8 Å². The Kier molecular flexibility index (Phi) is 5.98. The number of ether oxygens (including phenoxy) is 2. The van der Waals surface area contributed by atoms with Crippen molar-refractivity contribution in [2.75, 3.05) is 0 Å². The SMILES string of the molecule is O=C1C(Oc2c(F)c(F)c(F)c(F)c2F)=C(Oc2c(F)c(F)c(F)c(F)c2F)C(=O)c2ccccc21. The highest BCUT2D eigenvalue weighted by Gasteiger charge is 2.40. The van der Waals surface area contributed by atoms with Crippen molar-refractivity contribution in [1.29, 1.82) is 0 Å². The van der Waals surface area contributed by atoms with Gasteiger partial charge in [-0.15, -0.1) is 0 Å². The Morgan fingerprint density at radius 2 is 0.667 bits per heavy atom. The molecule has 0 bridgehead atoms. The molecule has 0 aliphatic heterocycles. The lowest BCUT2D eigenvalue weighted by atomic mass is 9.92. The summed E-state index contributed by atoms with van der Waals surface area (Å²) in [6, 6.07) is 4.26. The van der Waals surface area contributed by atoms with Crippen LogP contribution >= 0.6 is 0 Å². The van der Waals surface area contributed by atoms with E-state index >= 15 is 0 Å². The van der Waals surface area contributed by atoms with Crippen molar-refractivity contribution in [3.8, 4) is 11.5 Å². The molecule has 3 aromatic rings. The maximum absolute atomic E-state index is 14.1. The lowest BCUT2D eigenvalue weighted by molar-refractivity contribution is 0.0889. The Morgan fingerprint density at radius 3 is 0.944 bits per heavy atom. The number of carbonyl (C=O) groups excluding carboxylic acids is 2. The van der Waals surface area contributed by atoms with E-state index in [0.717, 1.165) is 12.1 Å². The van der Waals surface area contributed by atoms with Gasteiger partial charge in [-0.05, 0) is 0 Å². The van der Waals surface area contributed by atoms with Crippen LogP contribution in [0.15, 0.2) is 35.8 Å². The summed E-state index contributed by atoms with van der Waals surface area (Å²) >= 11 is 0. The third-order valence-electron chi connectivity index (χ3n) is 4.78. The van der Waals surface area contributed by atoms with Crippen LogP contribution < -0.4 is 9.47 Å². The fraction of sp³-hybridized carbons (Fsp3) is 0. The molecule has 0 atom stereocenters. The van der Waals surface area contributed by atoms with Crippen LogP contribution in [-0.2, 0) is 0 Å². The Bertz CT molecular complexity index is 1360. The highest BCUT2D eigenvalue weighted by Crippen LogP contribution is 2.37. The standard InChI is InChI=1S/C22H4F10O4/c23-7-9(25)13(29)19(14(30)10(7)26)35-21-17(33)5-3-1-2-4-6(5)18(34)22(21)36-20-15(31)11(27)8(24)12(28)16(20)32/h1-4H. The van der Waals surface area contributed by atoms with Gasteiger partial charge in [0.25, 0.3) is 0 Å². The smallest absolute Gasteiger partial charge is 0.233 e. The number of rotatable bonds is 4. The summed E-state index contributed by atoms with van der Waals surface area (Å²) in [5.41, 5.74) is -1.16. The van der Waals surface area contributed by atoms with Crippen molar-refractivity contribution in [2.45, 2.75) is 0 Å². The average molecular weight is 522 g/mol. The molecule has 0 saturated heterocycles. The van der Waals surface area contributed by atoms with Crippen LogP contribution in [0.3, 0.4) is 0 Å². The number of carbonyl (C=O) groups is 2. The number of allylic oxidation sites excluding steroid dienone is 2. The first-order valence-corrected chi connectivity index (χ1v) is 9.19. The first-order valence-electron chi connectivity index (χ1n) is 9.19. The Balaban J connectivity index is 1.98. The minimum Gasteiger partial charge on any atom is -0.443 e. The summed E-state index contributed by atoms with van der Waals surface area (Å²) in [5, 5.41) is 0. The molecule has 1 aliphatic rings. The number of ketones is 2. The zero-order chi connectivity index (χ0) is 26.6. The molecule has 0 amide bonds. The van der Waals surface area contributed by atoms with Crippen molar-refractivity contribution in [2.24, 2.45) is 0 Å². The predicted octanol–water partition coefficient (Wildman–Crippen LogP) is 5.83. The lowest BCUT2D eigenvalue weighted by Crippen LogP contribution is -2.29. The van der Waals surface area contributed by atoms with Crippen LogP contribution in [0.4, 0.5) is 43.9 Å². The van der Waals surface area contributed by atoms with Gasteiger partial charge in [0.15, 0.2) is 0 Å². The summed E-state index contributed by atoms with van der Waals surface area (Å²) in [5.74, 6) is -36.5. The molecule has 0 saturated carbocycles. The Hall–Kier alpha value is -4.36. The third kappa shape index (κ3) is 3.56. The largest absolute Gasteiger partial charge is 0.443 e. The maximum Gasteiger partial charge on any atom is 0.233 e. The minimum absolute atomic E-state index is 0.578. The molecule has 0 heterocycles. The molecule has 3 aromatic carbocycles. The van der Waals surface area contributed by atoms with Gasteiger partial charge in [0.1, 0.15) is 0 Å². The molecule has 186 valence electrons. The molecule has 0 N–H and O–H groups in total. The fourth-order valence-corrected chi connectivity index (χ4v) is 3.07. The van der Waals surface area contributed by atoms with Gasteiger partial charge in [-0.3, -0.25) is 9.59 Å². The summed E-state index contributed by atoms with van der Waals surface area (Å²) in [7, 11) is 0. The topological polar surface area (TPSA) is 52.6 Å². The first kappa shape index (κ1) is 24.8. The highest BCUT2D eigenvalue weighted by molar-refractivity contribution is 6.25. The van der Waals surface area contributed by atoms with Crippen molar-refractivity contribution < 1.29 is 63.0 Å². The van der Waals surface area contributed by atoms with Gasteiger partial charge >= 0.3 is 0 Å². The van der Waals surface area contributed by atoms with Crippen LogP contribution in [0.2, 0.25) is 0 Å². The molecule has 0 aromatic heterocycles. The Labute approximate surface area is 192 Å². The zero-order valence-corrected chi connectivity index (χ0v) is 16.7. The van der Waals surface area contributed by atoms with E-state index in [1.807, 2.05) is 0 Å². The van der Waals surface area contributed by atoms with E-state index in [1.165, 1.54) is 12.1 Å². The molecule has 0 fully saturated rings. The third-order valence-corrected chi connectivity index (χ3v) is 4.78. The van der Waals surface area contributed by atoms with E-state index in [2.05, 4.69) is 9.47 Å². The second-order valence-electron chi connectivity index (χ2n) is 6.86. The fourth-order valence-electron chi connectivity index (χ4n) is 3.07. The van der Waals surface area contributed by atoms with Crippen LogP contribution in [0.5, 0.6) is 11.5 Å². The van der Waals surface area contributed by atoms with Crippen molar-refractivity contribution in [1.82, 2.24) is 0 Å². The number of hydrogen-bond donors (Lipinski definition) is 0. The van der Waals surface area contributed by atoms with E-state index in [0.29, 0.717) is 0 Å². The second-order valence-corrected chi connectivity index (χ2v) is 6.86. The predicted molar refractivity (Wildman–Crippen MR) is 95.8 cm³/mol. The number of halogens is 10. The van der Waals surface area contributed by atoms with Crippen molar-refractivity contribution in [3.63, 3.8) is 0 Å². The number of benzene rings is 3. The van der Waals surface area contributed by atoms with Crippen LogP contribution in [0.25, 0.3) is 0 Å². The molecule has 4 rings (SSSR count). The number of hydrogen-bond acceptors (Lipinski definition) is 4. The summed E-state index contributed by atoms with van der Waals surface area (Å²) in [4.78, 5) is 25.7. The summed E-state index contributed by atoms with van der Waals surface area (Å²) < 4.78 is 147. The zero-order valence-electron chi connectivity index (χ0n) is 16.7. The number of Topliss-reactive ketones (excluding diaryl/α,β-unsaturated/α-hetero) is 2. The van der Waals surface area contributed by atoms with Crippen molar-refractivity contribution in [3.05, 3.63) is 105 Å². The van der Waals surface area contributed by atoms with Gasteiger partial charge in [-0.25, -0.2) is 26.3 Å². The molecule has 4 nitrogen and oxygen atoms in total. The maximum atomic E-state index is 14.1. The minimum atomic E-state index is -2.61. The average Bonchev–Trinajstić information content (AvgIpc) is 2.88. The molecule has 1 aliphatic carbocycles. The molecule has 0 unspecified atom stereocenters. The molecule has 14 heteroatoms. The first-order chi connectivity index (χ1) is 16.9. The second kappa shape index (κ2) is 8.70. The molecular weight excluding hydrogens is 518 g/mol. The molecule has 36 heavy (non-hydrogen) atoms. The summed E-state index contributed by atoms with van der Waals surface area (Å²) in [6.07, 6.45) is 0. The van der Waals surface area contributed by atoms with E-state index in [9.17, 15) is 53.5 Å². The normalized spacial score (nSPS) is 13.3. The van der Waals surface area contributed by atoms with E-state index < -0.39 is 104 Å². The van der Waals surface area contributed by atoms with Crippen molar-refractivity contribution >= 4 is 11.6 Å². The van der Waals surface area contributed by atoms with E-state index in [-0.39, 0.29) is 0 Å². The molecular formula is C22H4F10O4. The van der Waals surface area contributed by atoms with Gasteiger partial charge in [-0.1, -0.05) is 24.3 Å². The molecule has 0 spiro atoms. The number of fused-ring (bicyclic) bond motifs is 1. The van der Waals surface area contributed by atoms with Gasteiger partial charge in [0, 0.05) is 11.1 Å². The van der Waals surface area contributed by atoms with Gasteiger partial charge in [-0.2, -0.15) is 17.6 Å². The van der Waals surface area contributed by atoms with Gasteiger partial charge < -0.3 is 9.47 Å². The van der Waals surface area contributed by atoms with E-state index in [1.54, 1.807) is 0 Å².